The zero-order valence-electron chi connectivity index (χ0n) is 13.6. The number of carbonyl (C=O) groups is 1. The summed E-state index contributed by atoms with van der Waals surface area (Å²) in [5.41, 5.74) is 0. The molecule has 0 spiro atoms. The number of rotatable bonds is 6. The summed E-state index contributed by atoms with van der Waals surface area (Å²) in [6.45, 7) is 11.4. The van der Waals surface area contributed by atoms with Crippen LogP contribution in [0.15, 0.2) is 0 Å². The molecule has 2 rings (SSSR count). The van der Waals surface area contributed by atoms with E-state index in [1.54, 1.807) is 0 Å². The molecule has 0 radical (unpaired) electrons. The van der Waals surface area contributed by atoms with Gasteiger partial charge in [-0.15, -0.1) is 0 Å². The number of hydrogen-bond acceptors (Lipinski definition) is 4. The predicted octanol–water partition coefficient (Wildman–Crippen LogP) is 0.945. The number of morpholine rings is 1. The van der Waals surface area contributed by atoms with Gasteiger partial charge in [0.2, 0.25) is 5.91 Å². The molecule has 0 bridgehead atoms. The highest BCUT2D eigenvalue weighted by Gasteiger charge is 2.28. The van der Waals surface area contributed by atoms with Crippen LogP contribution in [0.3, 0.4) is 0 Å². The average Bonchev–Trinajstić information content (AvgIpc) is 2.55. The molecule has 21 heavy (non-hydrogen) atoms. The molecule has 0 aromatic carbocycles. The van der Waals surface area contributed by atoms with E-state index in [0.29, 0.717) is 19.1 Å². The molecule has 1 amide bonds. The Morgan fingerprint density at radius 2 is 2.19 bits per heavy atom. The summed E-state index contributed by atoms with van der Waals surface area (Å²) in [7, 11) is 0. The largest absolute Gasteiger partial charge is 0.378 e. The standard InChI is InChI=1S/C16H31N3O2/c1-3-7-19(13-15-5-4-6-17-12-15)14(2)16(20)18-8-10-21-11-9-18/h14-15,17H,3-13H2,1-2H3. The molecule has 2 aliphatic heterocycles. The van der Waals surface area contributed by atoms with E-state index in [2.05, 4.69) is 24.1 Å². The molecular weight excluding hydrogens is 266 g/mol. The first kappa shape index (κ1) is 16.7. The lowest BCUT2D eigenvalue weighted by Crippen LogP contribution is -2.52. The highest BCUT2D eigenvalue weighted by molar-refractivity contribution is 5.81. The summed E-state index contributed by atoms with van der Waals surface area (Å²) >= 11 is 0. The minimum absolute atomic E-state index is 0.00928. The molecule has 5 heteroatoms. The molecule has 2 fully saturated rings. The minimum atomic E-state index is -0.00928. The smallest absolute Gasteiger partial charge is 0.239 e. The Balaban J connectivity index is 1.89. The third-order valence-electron chi connectivity index (χ3n) is 4.63. The Morgan fingerprint density at radius 3 is 2.81 bits per heavy atom. The molecule has 0 aliphatic carbocycles. The molecule has 0 saturated carbocycles. The van der Waals surface area contributed by atoms with E-state index in [1.807, 2.05) is 4.90 Å². The molecule has 2 unspecified atom stereocenters. The van der Waals surface area contributed by atoms with Crippen molar-refractivity contribution >= 4 is 5.91 Å². The van der Waals surface area contributed by atoms with E-state index in [-0.39, 0.29) is 11.9 Å². The van der Waals surface area contributed by atoms with Crippen molar-refractivity contribution < 1.29 is 9.53 Å². The van der Waals surface area contributed by atoms with E-state index in [9.17, 15) is 4.79 Å². The number of amides is 1. The fraction of sp³-hybridized carbons (Fsp3) is 0.938. The lowest BCUT2D eigenvalue weighted by molar-refractivity contribution is -0.140. The molecule has 1 N–H and O–H groups in total. The van der Waals surface area contributed by atoms with Crippen molar-refractivity contribution in [2.45, 2.75) is 39.2 Å². The number of ether oxygens (including phenoxy) is 1. The highest BCUT2D eigenvalue weighted by atomic mass is 16.5. The van der Waals surface area contributed by atoms with Crippen molar-refractivity contribution in [3.8, 4) is 0 Å². The van der Waals surface area contributed by atoms with Gasteiger partial charge in [-0.25, -0.2) is 0 Å². The molecular formula is C16H31N3O2. The molecule has 2 heterocycles. The summed E-state index contributed by atoms with van der Waals surface area (Å²) in [4.78, 5) is 17.0. The summed E-state index contributed by atoms with van der Waals surface area (Å²) in [6, 6.07) is -0.00928. The van der Waals surface area contributed by atoms with E-state index < -0.39 is 0 Å². The zero-order chi connectivity index (χ0) is 15.1. The van der Waals surface area contributed by atoms with Gasteiger partial charge >= 0.3 is 0 Å². The Bertz CT molecular complexity index is 313. The first-order valence-corrected chi connectivity index (χ1v) is 8.53. The second-order valence-corrected chi connectivity index (χ2v) is 6.32. The quantitative estimate of drug-likeness (QED) is 0.793. The van der Waals surface area contributed by atoms with Gasteiger partial charge in [0.25, 0.3) is 0 Å². The molecule has 5 nitrogen and oxygen atoms in total. The van der Waals surface area contributed by atoms with Gasteiger partial charge in [0, 0.05) is 19.6 Å². The van der Waals surface area contributed by atoms with E-state index in [0.717, 1.165) is 45.7 Å². The van der Waals surface area contributed by atoms with Crippen LogP contribution in [0.25, 0.3) is 0 Å². The van der Waals surface area contributed by atoms with Gasteiger partial charge in [-0.3, -0.25) is 9.69 Å². The Morgan fingerprint density at radius 1 is 1.43 bits per heavy atom. The van der Waals surface area contributed by atoms with Crippen molar-refractivity contribution in [3.63, 3.8) is 0 Å². The van der Waals surface area contributed by atoms with Crippen LogP contribution >= 0.6 is 0 Å². The van der Waals surface area contributed by atoms with Crippen LogP contribution in [0.4, 0.5) is 0 Å². The third-order valence-corrected chi connectivity index (χ3v) is 4.63. The number of carbonyl (C=O) groups excluding carboxylic acids is 1. The van der Waals surface area contributed by atoms with E-state index >= 15 is 0 Å². The van der Waals surface area contributed by atoms with Crippen molar-refractivity contribution in [1.82, 2.24) is 15.1 Å². The van der Waals surface area contributed by atoms with Gasteiger partial charge in [0.15, 0.2) is 0 Å². The maximum absolute atomic E-state index is 12.7. The summed E-state index contributed by atoms with van der Waals surface area (Å²) in [5.74, 6) is 0.959. The van der Waals surface area contributed by atoms with Crippen molar-refractivity contribution in [3.05, 3.63) is 0 Å². The normalized spacial score (nSPS) is 25.1. The van der Waals surface area contributed by atoms with Gasteiger partial charge in [-0.05, 0) is 51.7 Å². The Labute approximate surface area is 129 Å². The second kappa shape index (κ2) is 8.71. The van der Waals surface area contributed by atoms with Gasteiger partial charge in [-0.1, -0.05) is 6.92 Å². The van der Waals surface area contributed by atoms with Gasteiger partial charge in [0.1, 0.15) is 0 Å². The van der Waals surface area contributed by atoms with Crippen LogP contribution < -0.4 is 5.32 Å². The highest BCUT2D eigenvalue weighted by Crippen LogP contribution is 2.15. The molecule has 122 valence electrons. The van der Waals surface area contributed by atoms with Gasteiger partial charge < -0.3 is 15.0 Å². The Hall–Kier alpha value is -0.650. The number of nitrogens with zero attached hydrogens (tertiary/aromatic N) is 2. The summed E-state index contributed by atoms with van der Waals surface area (Å²) in [5, 5.41) is 3.48. The first-order valence-electron chi connectivity index (χ1n) is 8.53. The van der Waals surface area contributed by atoms with Crippen molar-refractivity contribution in [2.75, 3.05) is 52.5 Å². The fourth-order valence-corrected chi connectivity index (χ4v) is 3.35. The van der Waals surface area contributed by atoms with Crippen LogP contribution in [0.1, 0.15) is 33.1 Å². The average molecular weight is 297 g/mol. The first-order chi connectivity index (χ1) is 10.2. The minimum Gasteiger partial charge on any atom is -0.378 e. The van der Waals surface area contributed by atoms with Crippen LogP contribution in [-0.4, -0.2) is 74.2 Å². The van der Waals surface area contributed by atoms with E-state index in [4.69, 9.17) is 4.74 Å². The topological polar surface area (TPSA) is 44.8 Å². The zero-order valence-corrected chi connectivity index (χ0v) is 13.6. The molecule has 2 aliphatic rings. The molecule has 2 saturated heterocycles. The van der Waals surface area contributed by atoms with E-state index in [1.165, 1.54) is 12.8 Å². The lowest BCUT2D eigenvalue weighted by atomic mass is 9.98. The van der Waals surface area contributed by atoms with Crippen LogP contribution in [0.2, 0.25) is 0 Å². The number of nitrogens with one attached hydrogen (secondary N) is 1. The SMILES string of the molecule is CCCN(CC1CCCNC1)C(C)C(=O)N1CCOCC1. The van der Waals surface area contributed by atoms with Gasteiger partial charge in [0.05, 0.1) is 19.3 Å². The third kappa shape index (κ3) is 4.94. The summed E-state index contributed by atoms with van der Waals surface area (Å²) < 4.78 is 5.34. The number of piperidine rings is 1. The molecule has 2 atom stereocenters. The Kier molecular flexibility index (Phi) is 6.93. The second-order valence-electron chi connectivity index (χ2n) is 6.32. The van der Waals surface area contributed by atoms with Crippen molar-refractivity contribution in [2.24, 2.45) is 5.92 Å². The van der Waals surface area contributed by atoms with Crippen LogP contribution in [-0.2, 0) is 9.53 Å². The lowest BCUT2D eigenvalue weighted by Gasteiger charge is -2.36. The molecule has 0 aromatic heterocycles. The van der Waals surface area contributed by atoms with Gasteiger partial charge in [-0.2, -0.15) is 0 Å². The number of hydrogen-bond donors (Lipinski definition) is 1. The fourth-order valence-electron chi connectivity index (χ4n) is 3.35. The monoisotopic (exact) mass is 297 g/mol. The maximum Gasteiger partial charge on any atom is 0.239 e. The summed E-state index contributed by atoms with van der Waals surface area (Å²) in [6.07, 6.45) is 3.64. The van der Waals surface area contributed by atoms with Crippen molar-refractivity contribution in [1.29, 1.82) is 0 Å². The van der Waals surface area contributed by atoms with Crippen LogP contribution in [0, 0.1) is 5.92 Å². The maximum atomic E-state index is 12.7. The predicted molar refractivity (Wildman–Crippen MR) is 84.3 cm³/mol. The molecule has 0 aromatic rings. The van der Waals surface area contributed by atoms with Crippen LogP contribution in [0.5, 0.6) is 0 Å².